The van der Waals surface area contributed by atoms with E-state index < -0.39 is 0 Å². The second kappa shape index (κ2) is 7.17. The maximum Gasteiger partial charge on any atom is 0.255 e. The van der Waals surface area contributed by atoms with Crippen LogP contribution in [-0.4, -0.2) is 39.6 Å². The number of aliphatic hydroxyl groups excluding tert-OH is 1. The van der Waals surface area contributed by atoms with Gasteiger partial charge in [0.15, 0.2) is 0 Å². The molecule has 2 saturated heterocycles. The summed E-state index contributed by atoms with van der Waals surface area (Å²) in [6.07, 6.45) is 3.67. The van der Waals surface area contributed by atoms with Gasteiger partial charge in [-0.15, -0.1) is 0 Å². The molecule has 1 aromatic heterocycles. The zero-order chi connectivity index (χ0) is 20.9. The lowest BCUT2D eigenvalue weighted by molar-refractivity contribution is 0.0558. The average molecular weight is 404 g/mol. The molecule has 2 aliphatic rings. The fourth-order valence-corrected chi connectivity index (χ4v) is 5.52. The molecule has 2 aliphatic heterocycles. The average Bonchev–Trinajstić information content (AvgIpc) is 3.34. The first-order valence-electron chi connectivity index (χ1n) is 10.7. The van der Waals surface area contributed by atoms with E-state index in [2.05, 4.69) is 6.92 Å². The van der Waals surface area contributed by atoms with E-state index in [1.807, 2.05) is 35.2 Å². The van der Waals surface area contributed by atoms with Crippen molar-refractivity contribution in [1.82, 2.24) is 9.88 Å². The van der Waals surface area contributed by atoms with Crippen molar-refractivity contribution in [3.05, 3.63) is 66.0 Å². The molecule has 2 fully saturated rings. The highest BCUT2D eigenvalue weighted by atomic mass is 19.1. The minimum Gasteiger partial charge on any atom is -0.396 e. The molecule has 0 unspecified atom stereocenters. The molecule has 2 bridgehead atoms. The summed E-state index contributed by atoms with van der Waals surface area (Å²) in [7, 11) is 0. The fourth-order valence-electron chi connectivity index (χ4n) is 5.52. The number of carbonyl (C=O) groups is 1. The van der Waals surface area contributed by atoms with E-state index in [-0.39, 0.29) is 35.8 Å². The molecule has 154 valence electrons. The van der Waals surface area contributed by atoms with Gasteiger partial charge in [-0.1, -0.05) is 25.1 Å². The SMILES string of the molecule is CC[C@@]1(CO)C[C@@H]2CC[C@H]1N2C(=O)c1cc(-c2ccc(F)cc2)nc2ccccc12. The van der Waals surface area contributed by atoms with E-state index in [9.17, 15) is 14.3 Å². The molecular formula is C25H25FN2O2. The quantitative estimate of drug-likeness (QED) is 0.679. The number of para-hydroxylation sites is 1. The molecule has 2 aromatic carbocycles. The van der Waals surface area contributed by atoms with Crippen LogP contribution in [0.15, 0.2) is 54.6 Å². The molecule has 1 amide bonds. The molecule has 0 saturated carbocycles. The van der Waals surface area contributed by atoms with E-state index >= 15 is 0 Å². The number of rotatable bonds is 4. The van der Waals surface area contributed by atoms with Crippen LogP contribution in [-0.2, 0) is 0 Å². The summed E-state index contributed by atoms with van der Waals surface area (Å²) in [6.45, 7) is 2.22. The van der Waals surface area contributed by atoms with Crippen LogP contribution in [0.3, 0.4) is 0 Å². The maximum atomic E-state index is 13.8. The molecule has 0 radical (unpaired) electrons. The summed E-state index contributed by atoms with van der Waals surface area (Å²) < 4.78 is 13.4. The Hall–Kier alpha value is -2.79. The zero-order valence-corrected chi connectivity index (χ0v) is 17.0. The minimum atomic E-state index is -0.301. The van der Waals surface area contributed by atoms with Gasteiger partial charge < -0.3 is 10.0 Å². The van der Waals surface area contributed by atoms with E-state index in [4.69, 9.17) is 4.98 Å². The molecule has 4 nitrogen and oxygen atoms in total. The Labute approximate surface area is 175 Å². The van der Waals surface area contributed by atoms with Crippen molar-refractivity contribution in [2.24, 2.45) is 5.41 Å². The molecule has 30 heavy (non-hydrogen) atoms. The van der Waals surface area contributed by atoms with Crippen LogP contribution in [0, 0.1) is 11.2 Å². The predicted molar refractivity (Wildman–Crippen MR) is 115 cm³/mol. The number of fused-ring (bicyclic) bond motifs is 3. The number of aliphatic hydroxyl groups is 1. The number of halogens is 1. The molecule has 0 spiro atoms. The summed E-state index contributed by atoms with van der Waals surface area (Å²) >= 11 is 0. The molecule has 3 heterocycles. The van der Waals surface area contributed by atoms with Gasteiger partial charge in [-0.3, -0.25) is 4.79 Å². The van der Waals surface area contributed by atoms with Crippen LogP contribution in [0.1, 0.15) is 43.0 Å². The smallest absolute Gasteiger partial charge is 0.255 e. The van der Waals surface area contributed by atoms with Gasteiger partial charge in [0.05, 0.1) is 23.4 Å². The van der Waals surface area contributed by atoms with Gasteiger partial charge in [0.1, 0.15) is 5.82 Å². The summed E-state index contributed by atoms with van der Waals surface area (Å²) in [6, 6.07) is 15.9. The van der Waals surface area contributed by atoms with Crippen LogP contribution < -0.4 is 0 Å². The minimum absolute atomic E-state index is 0.00763. The van der Waals surface area contributed by atoms with Crippen LogP contribution in [0.2, 0.25) is 0 Å². The lowest BCUT2D eigenvalue weighted by Gasteiger charge is -2.34. The number of aromatic nitrogens is 1. The molecule has 0 aliphatic carbocycles. The van der Waals surface area contributed by atoms with Gasteiger partial charge in [-0.25, -0.2) is 9.37 Å². The van der Waals surface area contributed by atoms with Crippen molar-refractivity contribution in [2.45, 2.75) is 44.7 Å². The molecular weight excluding hydrogens is 379 g/mol. The van der Waals surface area contributed by atoms with Crippen LogP contribution in [0.5, 0.6) is 0 Å². The van der Waals surface area contributed by atoms with Crippen molar-refractivity contribution in [1.29, 1.82) is 0 Å². The number of hydrogen-bond acceptors (Lipinski definition) is 3. The zero-order valence-electron chi connectivity index (χ0n) is 17.0. The van der Waals surface area contributed by atoms with E-state index in [0.717, 1.165) is 42.1 Å². The van der Waals surface area contributed by atoms with Crippen LogP contribution in [0.25, 0.3) is 22.2 Å². The Kier molecular flexibility index (Phi) is 4.58. The van der Waals surface area contributed by atoms with Crippen LogP contribution >= 0.6 is 0 Å². The van der Waals surface area contributed by atoms with Crippen LogP contribution in [0.4, 0.5) is 4.39 Å². The molecule has 3 aromatic rings. The maximum absolute atomic E-state index is 13.8. The second-order valence-electron chi connectivity index (χ2n) is 8.62. The fraction of sp³-hybridized carbons (Fsp3) is 0.360. The van der Waals surface area contributed by atoms with Crippen molar-refractivity contribution in [3.63, 3.8) is 0 Å². The van der Waals surface area contributed by atoms with Crippen molar-refractivity contribution in [2.75, 3.05) is 6.61 Å². The summed E-state index contributed by atoms with van der Waals surface area (Å²) in [5, 5.41) is 10.9. The lowest BCUT2D eigenvalue weighted by atomic mass is 9.72. The monoisotopic (exact) mass is 404 g/mol. The van der Waals surface area contributed by atoms with Gasteiger partial charge in [0.25, 0.3) is 5.91 Å². The van der Waals surface area contributed by atoms with E-state index in [0.29, 0.717) is 11.3 Å². The highest BCUT2D eigenvalue weighted by Crippen LogP contribution is 2.52. The third-order valence-corrected chi connectivity index (χ3v) is 7.19. The molecule has 5 heteroatoms. The Morgan fingerprint density at radius 3 is 2.67 bits per heavy atom. The van der Waals surface area contributed by atoms with Gasteiger partial charge in [-0.05, 0) is 62.1 Å². The Balaban J connectivity index is 1.62. The first kappa shape index (κ1) is 19.2. The largest absolute Gasteiger partial charge is 0.396 e. The second-order valence-corrected chi connectivity index (χ2v) is 8.62. The van der Waals surface area contributed by atoms with Gasteiger partial charge >= 0.3 is 0 Å². The molecule has 1 N–H and O–H groups in total. The number of benzene rings is 2. The number of carbonyl (C=O) groups excluding carboxylic acids is 1. The lowest BCUT2D eigenvalue weighted by Crippen LogP contribution is -2.42. The number of amides is 1. The topological polar surface area (TPSA) is 53.4 Å². The molecule has 3 atom stereocenters. The summed E-state index contributed by atoms with van der Waals surface area (Å²) in [4.78, 5) is 20.6. The van der Waals surface area contributed by atoms with Crippen molar-refractivity contribution in [3.8, 4) is 11.3 Å². The highest BCUT2D eigenvalue weighted by molar-refractivity contribution is 6.07. The van der Waals surface area contributed by atoms with Gasteiger partial charge in [-0.2, -0.15) is 0 Å². The Morgan fingerprint density at radius 1 is 1.20 bits per heavy atom. The standard InChI is InChI=1S/C25H25FN2O2/c1-2-25(15-29)14-18-11-12-23(25)28(18)24(30)20-13-22(16-7-9-17(26)10-8-16)27-21-6-4-3-5-19(20)21/h3-10,13,18,23,29H,2,11-12,14-15H2,1H3/t18-,23+,25-/m0/s1. The van der Waals surface area contributed by atoms with E-state index in [1.54, 1.807) is 12.1 Å². The molecule has 5 rings (SSSR count). The van der Waals surface area contributed by atoms with Crippen molar-refractivity contribution >= 4 is 16.8 Å². The third kappa shape index (κ3) is 2.83. The third-order valence-electron chi connectivity index (χ3n) is 7.19. The van der Waals surface area contributed by atoms with E-state index in [1.165, 1.54) is 12.1 Å². The summed E-state index contributed by atoms with van der Waals surface area (Å²) in [5.41, 5.74) is 2.62. The highest BCUT2D eigenvalue weighted by Gasteiger charge is 2.56. The summed E-state index contributed by atoms with van der Waals surface area (Å²) in [5.74, 6) is -0.294. The number of nitrogens with zero attached hydrogens (tertiary/aromatic N) is 2. The number of pyridine rings is 1. The number of hydrogen-bond donors (Lipinski definition) is 1. The van der Waals surface area contributed by atoms with Gasteiger partial charge in [0, 0.05) is 28.4 Å². The first-order valence-corrected chi connectivity index (χ1v) is 10.7. The van der Waals surface area contributed by atoms with Crippen molar-refractivity contribution < 1.29 is 14.3 Å². The normalized spacial score (nSPS) is 25.2. The first-order chi connectivity index (χ1) is 14.6. The van der Waals surface area contributed by atoms with Gasteiger partial charge in [0.2, 0.25) is 0 Å². The Bertz CT molecular complexity index is 1110. The Morgan fingerprint density at radius 2 is 1.97 bits per heavy atom. The predicted octanol–water partition coefficient (Wildman–Crippen LogP) is 4.81.